The van der Waals surface area contributed by atoms with Gasteiger partial charge in [-0.05, 0) is 18.1 Å². The predicted octanol–water partition coefficient (Wildman–Crippen LogP) is 2.64. The van der Waals surface area contributed by atoms with Gasteiger partial charge in [-0.15, -0.1) is 0 Å². The minimum absolute atomic E-state index is 0.303. The van der Waals surface area contributed by atoms with Crippen LogP contribution < -0.4 is 4.90 Å². The van der Waals surface area contributed by atoms with Gasteiger partial charge in [-0.1, -0.05) is 26.0 Å². The van der Waals surface area contributed by atoms with Gasteiger partial charge < -0.3 is 4.90 Å². The number of hydrogen-bond acceptors (Lipinski definition) is 5. The van der Waals surface area contributed by atoms with Crippen molar-refractivity contribution in [3.05, 3.63) is 36.7 Å². The summed E-state index contributed by atoms with van der Waals surface area (Å²) in [5.74, 6) is 1.34. The van der Waals surface area contributed by atoms with Gasteiger partial charge in [0.1, 0.15) is 5.82 Å². The average Bonchev–Trinajstić information content (AvgIpc) is 2.46. The second-order valence-electron chi connectivity index (χ2n) is 5.83. The largest absolute Gasteiger partial charge is 0.358 e. The molecule has 0 aliphatic heterocycles. The zero-order valence-electron chi connectivity index (χ0n) is 13.3. The summed E-state index contributed by atoms with van der Waals surface area (Å²) in [7, 11) is -1.19. The van der Waals surface area contributed by atoms with E-state index in [1.165, 1.54) is 6.26 Å². The number of benzene rings is 1. The van der Waals surface area contributed by atoms with Crippen LogP contribution in [0.4, 0.5) is 5.82 Å². The van der Waals surface area contributed by atoms with Crippen molar-refractivity contribution in [1.29, 1.82) is 0 Å². The molecule has 2 rings (SSSR count). The van der Waals surface area contributed by atoms with Crippen molar-refractivity contribution in [2.45, 2.75) is 18.7 Å². The van der Waals surface area contributed by atoms with Crippen LogP contribution in [0.15, 0.2) is 41.6 Å². The molecule has 0 saturated carbocycles. The van der Waals surface area contributed by atoms with Gasteiger partial charge in [0.25, 0.3) is 0 Å². The molecule has 1 heterocycles. The Hall–Kier alpha value is -1.95. The number of rotatable bonds is 5. The third-order valence-electron chi connectivity index (χ3n) is 3.23. The summed E-state index contributed by atoms with van der Waals surface area (Å²) in [6.07, 6.45) is 4.61. The quantitative estimate of drug-likeness (QED) is 0.848. The molecule has 0 radical (unpaired) electrons. The monoisotopic (exact) mass is 319 g/mol. The van der Waals surface area contributed by atoms with E-state index in [-0.39, 0.29) is 0 Å². The summed E-state index contributed by atoms with van der Waals surface area (Å²) < 4.78 is 23.0. The van der Waals surface area contributed by atoms with Crippen LogP contribution in [0.1, 0.15) is 13.8 Å². The fourth-order valence-electron chi connectivity index (χ4n) is 2.19. The van der Waals surface area contributed by atoms with Crippen molar-refractivity contribution >= 4 is 15.7 Å². The molecular formula is C16H21N3O2S. The van der Waals surface area contributed by atoms with Crippen LogP contribution in [0.25, 0.3) is 11.3 Å². The fraction of sp³-hybridized carbons (Fsp3) is 0.375. The maximum Gasteiger partial charge on any atom is 0.175 e. The first-order chi connectivity index (χ1) is 10.3. The Morgan fingerprint density at radius 2 is 1.77 bits per heavy atom. The molecule has 5 nitrogen and oxygen atoms in total. The van der Waals surface area contributed by atoms with Gasteiger partial charge in [-0.3, -0.25) is 4.98 Å². The van der Waals surface area contributed by atoms with E-state index in [0.29, 0.717) is 10.8 Å². The van der Waals surface area contributed by atoms with E-state index >= 15 is 0 Å². The molecule has 0 saturated heterocycles. The highest BCUT2D eigenvalue weighted by Crippen LogP contribution is 2.21. The van der Waals surface area contributed by atoms with Gasteiger partial charge in [-0.25, -0.2) is 13.4 Å². The van der Waals surface area contributed by atoms with Crippen molar-refractivity contribution in [2.75, 3.05) is 24.7 Å². The molecule has 0 fully saturated rings. The highest BCUT2D eigenvalue weighted by atomic mass is 32.2. The Bertz CT molecular complexity index is 740. The molecule has 2 aromatic rings. The van der Waals surface area contributed by atoms with E-state index in [1.54, 1.807) is 36.7 Å². The van der Waals surface area contributed by atoms with Gasteiger partial charge in [-0.2, -0.15) is 0 Å². The summed E-state index contributed by atoms with van der Waals surface area (Å²) in [6.45, 7) is 5.19. The number of sulfone groups is 1. The van der Waals surface area contributed by atoms with Gasteiger partial charge in [0.15, 0.2) is 9.84 Å². The molecule has 0 spiro atoms. The van der Waals surface area contributed by atoms with E-state index < -0.39 is 9.84 Å². The fourth-order valence-corrected chi connectivity index (χ4v) is 2.82. The summed E-state index contributed by atoms with van der Waals surface area (Å²) in [6, 6.07) is 6.70. The van der Waals surface area contributed by atoms with Gasteiger partial charge in [0, 0.05) is 25.4 Å². The summed E-state index contributed by atoms with van der Waals surface area (Å²) in [5, 5.41) is 0. The number of anilines is 1. The van der Waals surface area contributed by atoms with E-state index in [4.69, 9.17) is 0 Å². The standard InChI is InChI=1S/C16H21N3O2S/c1-12(2)11-19(3)16-10-17-9-15(18-16)13-5-7-14(8-6-13)22(4,20)21/h5-10,12H,11H2,1-4H3. The lowest BCUT2D eigenvalue weighted by Gasteiger charge is -2.20. The van der Waals surface area contributed by atoms with Crippen molar-refractivity contribution < 1.29 is 8.42 Å². The van der Waals surface area contributed by atoms with Crippen molar-refractivity contribution in [3.8, 4) is 11.3 Å². The highest BCUT2D eigenvalue weighted by molar-refractivity contribution is 7.90. The number of hydrogen-bond donors (Lipinski definition) is 0. The van der Waals surface area contributed by atoms with Gasteiger partial charge in [0.2, 0.25) is 0 Å². The predicted molar refractivity (Wildman–Crippen MR) is 88.7 cm³/mol. The molecule has 1 aromatic carbocycles. The molecule has 1 aromatic heterocycles. The molecule has 0 unspecified atom stereocenters. The third-order valence-corrected chi connectivity index (χ3v) is 4.36. The van der Waals surface area contributed by atoms with Gasteiger partial charge in [0.05, 0.1) is 23.0 Å². The van der Waals surface area contributed by atoms with E-state index in [9.17, 15) is 8.42 Å². The summed E-state index contributed by atoms with van der Waals surface area (Å²) in [5.41, 5.74) is 1.58. The van der Waals surface area contributed by atoms with Gasteiger partial charge >= 0.3 is 0 Å². The number of nitrogens with zero attached hydrogens (tertiary/aromatic N) is 3. The zero-order chi connectivity index (χ0) is 16.3. The molecule has 0 N–H and O–H groups in total. The van der Waals surface area contributed by atoms with Crippen LogP contribution >= 0.6 is 0 Å². The molecule has 0 aliphatic rings. The van der Waals surface area contributed by atoms with Crippen molar-refractivity contribution in [2.24, 2.45) is 5.92 Å². The molecule has 22 heavy (non-hydrogen) atoms. The lowest BCUT2D eigenvalue weighted by molar-refractivity contribution is 0.602. The molecule has 0 amide bonds. The molecule has 118 valence electrons. The maximum absolute atomic E-state index is 11.5. The first kappa shape index (κ1) is 16.4. The second kappa shape index (κ2) is 6.44. The highest BCUT2D eigenvalue weighted by Gasteiger charge is 2.10. The first-order valence-electron chi connectivity index (χ1n) is 7.11. The topological polar surface area (TPSA) is 63.2 Å². The van der Waals surface area contributed by atoms with Crippen LogP contribution in [0, 0.1) is 5.92 Å². The van der Waals surface area contributed by atoms with Crippen molar-refractivity contribution in [3.63, 3.8) is 0 Å². The van der Waals surface area contributed by atoms with Crippen LogP contribution in [0.5, 0.6) is 0 Å². The van der Waals surface area contributed by atoms with Crippen LogP contribution in [0.3, 0.4) is 0 Å². The van der Waals surface area contributed by atoms with E-state index in [2.05, 4.69) is 28.7 Å². The van der Waals surface area contributed by atoms with E-state index in [1.807, 2.05) is 7.05 Å². The third kappa shape index (κ3) is 4.04. The average molecular weight is 319 g/mol. The normalized spacial score (nSPS) is 11.7. The first-order valence-corrected chi connectivity index (χ1v) is 9.00. The zero-order valence-corrected chi connectivity index (χ0v) is 14.1. The SMILES string of the molecule is CC(C)CN(C)c1cncc(-c2ccc(S(C)(=O)=O)cc2)n1. The summed E-state index contributed by atoms with van der Waals surface area (Å²) >= 11 is 0. The second-order valence-corrected chi connectivity index (χ2v) is 7.85. The van der Waals surface area contributed by atoms with Crippen molar-refractivity contribution in [1.82, 2.24) is 9.97 Å². The molecule has 0 aliphatic carbocycles. The minimum Gasteiger partial charge on any atom is -0.358 e. The Morgan fingerprint density at radius 1 is 1.14 bits per heavy atom. The van der Waals surface area contributed by atoms with Crippen LogP contribution in [-0.2, 0) is 9.84 Å². The maximum atomic E-state index is 11.5. The lowest BCUT2D eigenvalue weighted by Crippen LogP contribution is -2.23. The molecular weight excluding hydrogens is 298 g/mol. The minimum atomic E-state index is -3.18. The molecule has 0 bridgehead atoms. The Balaban J connectivity index is 2.30. The Kier molecular flexibility index (Phi) is 4.81. The molecule has 0 atom stereocenters. The lowest BCUT2D eigenvalue weighted by atomic mass is 10.1. The summed E-state index contributed by atoms with van der Waals surface area (Å²) in [4.78, 5) is 11.2. The Morgan fingerprint density at radius 3 is 2.32 bits per heavy atom. The molecule has 6 heteroatoms. The van der Waals surface area contributed by atoms with Crippen LogP contribution in [-0.4, -0.2) is 38.2 Å². The number of aromatic nitrogens is 2. The smallest absolute Gasteiger partial charge is 0.175 e. The van der Waals surface area contributed by atoms with Crippen LogP contribution in [0.2, 0.25) is 0 Å². The van der Waals surface area contributed by atoms with E-state index in [0.717, 1.165) is 23.6 Å². The Labute approximate surface area is 132 Å².